The first-order valence-electron chi connectivity index (χ1n) is 5.31. The van der Waals surface area contributed by atoms with E-state index in [9.17, 15) is 4.79 Å². The van der Waals surface area contributed by atoms with Gasteiger partial charge in [-0.25, -0.2) is 0 Å². The molecule has 14 heavy (non-hydrogen) atoms. The van der Waals surface area contributed by atoms with Crippen molar-refractivity contribution in [3.63, 3.8) is 0 Å². The second-order valence-corrected chi connectivity index (χ2v) is 5.57. The molecule has 2 heteroatoms. The quantitative estimate of drug-likeness (QED) is 0.695. The molecule has 0 fully saturated rings. The van der Waals surface area contributed by atoms with Crippen LogP contribution >= 0.6 is 11.3 Å². The summed E-state index contributed by atoms with van der Waals surface area (Å²) in [6.07, 6.45) is 4.34. The average molecular weight is 208 g/mol. The summed E-state index contributed by atoms with van der Waals surface area (Å²) in [5, 5.41) is 0. The molecule has 0 N–H and O–H groups in total. The molecule has 1 aromatic rings. The summed E-state index contributed by atoms with van der Waals surface area (Å²) in [6, 6.07) is 2.12. The van der Waals surface area contributed by atoms with E-state index in [0.717, 1.165) is 4.88 Å². The molecule has 0 atom stereocenters. The summed E-state index contributed by atoms with van der Waals surface area (Å²) < 4.78 is 0. The molecular weight excluding hydrogens is 192 g/mol. The van der Waals surface area contributed by atoms with Gasteiger partial charge in [-0.1, -0.05) is 13.8 Å². The number of fused-ring (bicyclic) bond motifs is 1. The van der Waals surface area contributed by atoms with Crippen LogP contribution in [0.1, 0.15) is 46.8 Å². The Kier molecular flexibility index (Phi) is 2.73. The minimum atomic E-state index is 0.333. The van der Waals surface area contributed by atoms with Gasteiger partial charge >= 0.3 is 0 Å². The monoisotopic (exact) mass is 208 g/mol. The summed E-state index contributed by atoms with van der Waals surface area (Å²) in [7, 11) is 0. The molecule has 0 spiro atoms. The van der Waals surface area contributed by atoms with Crippen LogP contribution in [0.2, 0.25) is 0 Å². The van der Waals surface area contributed by atoms with E-state index in [4.69, 9.17) is 0 Å². The molecule has 0 bridgehead atoms. The van der Waals surface area contributed by atoms with E-state index in [0.29, 0.717) is 18.1 Å². The van der Waals surface area contributed by atoms with Gasteiger partial charge in [-0.05, 0) is 36.8 Å². The van der Waals surface area contributed by atoms with Crippen LogP contribution in [0.4, 0.5) is 0 Å². The second kappa shape index (κ2) is 3.85. The SMILES string of the molecule is CC(C)CC(=O)c1cc2c(s1)CCC2. The Morgan fingerprint density at radius 1 is 1.50 bits per heavy atom. The zero-order valence-electron chi connectivity index (χ0n) is 8.80. The fraction of sp³-hybridized carbons (Fsp3) is 0.583. The van der Waals surface area contributed by atoms with E-state index in [-0.39, 0.29) is 0 Å². The Morgan fingerprint density at radius 3 is 2.93 bits per heavy atom. The number of hydrogen-bond acceptors (Lipinski definition) is 2. The number of ketones is 1. The zero-order valence-corrected chi connectivity index (χ0v) is 9.62. The number of rotatable bonds is 3. The molecule has 1 heterocycles. The largest absolute Gasteiger partial charge is 0.293 e. The molecule has 0 radical (unpaired) electrons. The summed E-state index contributed by atoms with van der Waals surface area (Å²) in [5.74, 6) is 0.804. The Bertz CT molecular complexity index is 328. The van der Waals surface area contributed by atoms with E-state index in [1.807, 2.05) is 0 Å². The third kappa shape index (κ3) is 1.90. The van der Waals surface area contributed by atoms with Crippen molar-refractivity contribution in [2.45, 2.75) is 39.5 Å². The van der Waals surface area contributed by atoms with Crippen LogP contribution in [0.5, 0.6) is 0 Å². The van der Waals surface area contributed by atoms with Crippen molar-refractivity contribution >= 4 is 17.1 Å². The minimum Gasteiger partial charge on any atom is -0.293 e. The summed E-state index contributed by atoms with van der Waals surface area (Å²) in [5.41, 5.74) is 1.43. The van der Waals surface area contributed by atoms with Crippen LogP contribution in [0.15, 0.2) is 6.07 Å². The van der Waals surface area contributed by atoms with Gasteiger partial charge in [0.1, 0.15) is 0 Å². The first-order chi connectivity index (χ1) is 6.66. The van der Waals surface area contributed by atoms with Gasteiger partial charge in [-0.2, -0.15) is 0 Å². The minimum absolute atomic E-state index is 0.333. The molecule has 0 saturated carbocycles. The standard InChI is InChI=1S/C12H16OS/c1-8(2)6-10(13)12-7-9-4-3-5-11(9)14-12/h7-8H,3-6H2,1-2H3. The van der Waals surface area contributed by atoms with Gasteiger partial charge in [0.25, 0.3) is 0 Å². The summed E-state index contributed by atoms with van der Waals surface area (Å²) >= 11 is 1.72. The molecule has 0 aliphatic heterocycles. The predicted octanol–water partition coefficient (Wildman–Crippen LogP) is 3.47. The lowest BCUT2D eigenvalue weighted by atomic mass is 10.1. The number of aryl methyl sites for hydroxylation is 2. The highest BCUT2D eigenvalue weighted by molar-refractivity contribution is 7.14. The van der Waals surface area contributed by atoms with Gasteiger partial charge in [-0.15, -0.1) is 11.3 Å². The van der Waals surface area contributed by atoms with Crippen molar-refractivity contribution in [1.82, 2.24) is 0 Å². The van der Waals surface area contributed by atoms with Gasteiger partial charge in [0.15, 0.2) is 5.78 Å². The maximum atomic E-state index is 11.8. The van der Waals surface area contributed by atoms with Crippen molar-refractivity contribution in [2.75, 3.05) is 0 Å². The highest BCUT2D eigenvalue weighted by Gasteiger charge is 2.18. The number of thiophene rings is 1. The molecule has 0 amide bonds. The zero-order chi connectivity index (χ0) is 10.1. The number of carbonyl (C=O) groups is 1. The van der Waals surface area contributed by atoms with Gasteiger partial charge in [-0.3, -0.25) is 4.79 Å². The molecule has 1 aliphatic carbocycles. The van der Waals surface area contributed by atoms with Crippen molar-refractivity contribution in [3.05, 3.63) is 21.4 Å². The maximum absolute atomic E-state index is 11.8. The lowest BCUT2D eigenvalue weighted by Crippen LogP contribution is -2.01. The molecule has 0 unspecified atom stereocenters. The first kappa shape index (κ1) is 9.91. The van der Waals surface area contributed by atoms with Crippen molar-refractivity contribution < 1.29 is 4.79 Å². The fourth-order valence-corrected chi connectivity index (χ4v) is 3.14. The molecule has 1 aromatic heterocycles. The first-order valence-corrected chi connectivity index (χ1v) is 6.13. The van der Waals surface area contributed by atoms with Crippen molar-refractivity contribution in [3.8, 4) is 0 Å². The van der Waals surface area contributed by atoms with Crippen molar-refractivity contribution in [1.29, 1.82) is 0 Å². The van der Waals surface area contributed by atoms with Crippen molar-refractivity contribution in [2.24, 2.45) is 5.92 Å². The molecule has 1 nitrogen and oxygen atoms in total. The Hall–Kier alpha value is -0.630. The van der Waals surface area contributed by atoms with E-state index < -0.39 is 0 Å². The molecular formula is C12H16OS. The Labute approximate surface area is 89.1 Å². The van der Waals surface area contributed by atoms with Crippen LogP contribution in [-0.2, 0) is 12.8 Å². The fourth-order valence-electron chi connectivity index (χ4n) is 1.94. The third-order valence-electron chi connectivity index (χ3n) is 2.62. The number of carbonyl (C=O) groups excluding carboxylic acids is 1. The third-order valence-corrected chi connectivity index (χ3v) is 3.89. The summed E-state index contributed by atoms with van der Waals surface area (Å²) in [4.78, 5) is 14.2. The lowest BCUT2D eigenvalue weighted by Gasteiger charge is -2.00. The van der Waals surface area contributed by atoms with Gasteiger partial charge in [0.2, 0.25) is 0 Å². The second-order valence-electron chi connectivity index (χ2n) is 4.43. The summed E-state index contributed by atoms with van der Waals surface area (Å²) in [6.45, 7) is 4.19. The van der Waals surface area contributed by atoms with Gasteiger partial charge < -0.3 is 0 Å². The van der Waals surface area contributed by atoms with E-state index >= 15 is 0 Å². The Morgan fingerprint density at radius 2 is 2.29 bits per heavy atom. The van der Waals surface area contributed by atoms with E-state index in [1.165, 1.54) is 29.7 Å². The maximum Gasteiger partial charge on any atom is 0.173 e. The predicted molar refractivity (Wildman–Crippen MR) is 60.1 cm³/mol. The Balaban J connectivity index is 2.13. The lowest BCUT2D eigenvalue weighted by molar-refractivity contribution is 0.0972. The van der Waals surface area contributed by atoms with Crippen LogP contribution in [-0.4, -0.2) is 5.78 Å². The van der Waals surface area contributed by atoms with Crippen LogP contribution < -0.4 is 0 Å². The highest BCUT2D eigenvalue weighted by Crippen LogP contribution is 2.31. The molecule has 1 aliphatic rings. The number of Topliss-reactive ketones (excluding diaryl/α,β-unsaturated/α-hetero) is 1. The van der Waals surface area contributed by atoms with Crippen LogP contribution in [0, 0.1) is 5.92 Å². The van der Waals surface area contributed by atoms with Crippen LogP contribution in [0.3, 0.4) is 0 Å². The molecule has 76 valence electrons. The number of hydrogen-bond donors (Lipinski definition) is 0. The van der Waals surface area contributed by atoms with Gasteiger partial charge in [0.05, 0.1) is 4.88 Å². The van der Waals surface area contributed by atoms with E-state index in [2.05, 4.69) is 19.9 Å². The van der Waals surface area contributed by atoms with Crippen LogP contribution in [0.25, 0.3) is 0 Å². The average Bonchev–Trinajstić information content (AvgIpc) is 2.58. The smallest absolute Gasteiger partial charge is 0.173 e. The molecule has 2 rings (SSSR count). The van der Waals surface area contributed by atoms with Gasteiger partial charge in [0, 0.05) is 11.3 Å². The molecule has 0 aromatic carbocycles. The highest BCUT2D eigenvalue weighted by atomic mass is 32.1. The topological polar surface area (TPSA) is 17.1 Å². The molecule has 0 saturated heterocycles. The van der Waals surface area contributed by atoms with E-state index in [1.54, 1.807) is 11.3 Å². The normalized spacial score (nSPS) is 14.8.